The third kappa shape index (κ3) is 5.03. The van der Waals surface area contributed by atoms with Crippen LogP contribution < -0.4 is 5.32 Å². The molecule has 180 valence electrons. The van der Waals surface area contributed by atoms with Crippen LogP contribution in [-0.4, -0.2) is 47.5 Å². The van der Waals surface area contributed by atoms with Crippen LogP contribution in [0.3, 0.4) is 0 Å². The molecular weight excluding hydrogens is 419 g/mol. The van der Waals surface area contributed by atoms with Gasteiger partial charge in [-0.25, -0.2) is 4.39 Å². The van der Waals surface area contributed by atoms with Crippen LogP contribution in [0.2, 0.25) is 0 Å². The van der Waals surface area contributed by atoms with Crippen molar-refractivity contribution in [2.45, 2.75) is 64.2 Å². The lowest BCUT2D eigenvalue weighted by Gasteiger charge is -2.46. The highest BCUT2D eigenvalue weighted by atomic mass is 19.1. The van der Waals surface area contributed by atoms with Gasteiger partial charge in [-0.1, -0.05) is 45.9 Å². The highest BCUT2D eigenvalue weighted by molar-refractivity contribution is 5.59. The van der Waals surface area contributed by atoms with Crippen LogP contribution in [0.4, 0.5) is 10.1 Å². The number of rotatable bonds is 6. The van der Waals surface area contributed by atoms with Crippen molar-refractivity contribution in [3.05, 3.63) is 58.9 Å². The molecular formula is C27H37FN2O3. The van der Waals surface area contributed by atoms with Crippen molar-refractivity contribution < 1.29 is 19.3 Å². The van der Waals surface area contributed by atoms with Crippen molar-refractivity contribution in [3.8, 4) is 5.75 Å². The Balaban J connectivity index is 1.69. The molecule has 0 aromatic heterocycles. The minimum absolute atomic E-state index is 0.0235. The maximum Gasteiger partial charge on any atom is 0.165 e. The summed E-state index contributed by atoms with van der Waals surface area (Å²) in [7, 11) is 0. The molecule has 5 nitrogen and oxygen atoms in total. The molecule has 2 aliphatic heterocycles. The molecule has 0 bridgehead atoms. The first-order chi connectivity index (χ1) is 15.7. The zero-order valence-corrected chi connectivity index (χ0v) is 20.1. The van der Waals surface area contributed by atoms with E-state index in [2.05, 4.69) is 56.1 Å². The monoisotopic (exact) mass is 456 g/mol. The van der Waals surface area contributed by atoms with Crippen LogP contribution in [0, 0.1) is 11.7 Å². The van der Waals surface area contributed by atoms with Gasteiger partial charge in [0.1, 0.15) is 0 Å². The molecule has 0 radical (unpaired) electrons. The number of aromatic hydroxyl groups is 1. The van der Waals surface area contributed by atoms with E-state index in [1.54, 1.807) is 6.07 Å². The summed E-state index contributed by atoms with van der Waals surface area (Å²) in [5, 5.41) is 22.7. The number of aliphatic hydroxyl groups is 1. The van der Waals surface area contributed by atoms with Gasteiger partial charge in [0.25, 0.3) is 0 Å². The van der Waals surface area contributed by atoms with Crippen molar-refractivity contribution in [3.63, 3.8) is 0 Å². The molecule has 4 unspecified atom stereocenters. The molecule has 0 amide bonds. The molecule has 0 spiro atoms. The quantitative estimate of drug-likeness (QED) is 0.561. The Morgan fingerprint density at radius 2 is 1.94 bits per heavy atom. The van der Waals surface area contributed by atoms with Crippen LogP contribution >= 0.6 is 0 Å². The van der Waals surface area contributed by atoms with Gasteiger partial charge < -0.3 is 20.3 Å². The summed E-state index contributed by atoms with van der Waals surface area (Å²) in [6.07, 6.45) is 1.85. The lowest BCUT2D eigenvalue weighted by Crippen LogP contribution is -2.43. The van der Waals surface area contributed by atoms with E-state index in [0.717, 1.165) is 42.7 Å². The predicted molar refractivity (Wildman–Crippen MR) is 129 cm³/mol. The van der Waals surface area contributed by atoms with Gasteiger partial charge in [-0.05, 0) is 54.1 Å². The van der Waals surface area contributed by atoms with Gasteiger partial charge in [-0.2, -0.15) is 0 Å². The number of phenols is 1. The molecule has 1 saturated heterocycles. The Morgan fingerprint density at radius 3 is 2.61 bits per heavy atom. The van der Waals surface area contributed by atoms with Crippen molar-refractivity contribution >= 4 is 5.69 Å². The largest absolute Gasteiger partial charge is 0.505 e. The Hall–Kier alpha value is -2.15. The standard InChI is InChI=1S/C27H37FN2O3/c1-5-30(12-13-31)16-19-8-9-20-25(17-6-11-24(32)22(28)14-17)29-23-10-7-18(27(2,3)4)15-21(23)26(20)33-19/h6-7,10-11,14-15,19-20,25-26,29,31-32H,5,8-9,12-13,16H2,1-4H3. The predicted octanol–water partition coefficient (Wildman–Crippen LogP) is 5.15. The zero-order valence-electron chi connectivity index (χ0n) is 20.1. The second-order valence-electron chi connectivity index (χ2n) is 10.4. The average molecular weight is 457 g/mol. The lowest BCUT2D eigenvalue weighted by atomic mass is 9.75. The molecule has 1 fully saturated rings. The summed E-state index contributed by atoms with van der Waals surface area (Å²) < 4.78 is 21.0. The van der Waals surface area contributed by atoms with Crippen molar-refractivity contribution in [1.29, 1.82) is 0 Å². The van der Waals surface area contributed by atoms with Gasteiger partial charge in [0, 0.05) is 30.3 Å². The summed E-state index contributed by atoms with van der Waals surface area (Å²) in [6, 6.07) is 11.1. The molecule has 0 aliphatic carbocycles. The lowest BCUT2D eigenvalue weighted by molar-refractivity contribution is -0.103. The fourth-order valence-corrected chi connectivity index (χ4v) is 5.21. The SMILES string of the molecule is CCN(CCO)CC1CCC2C(c3ccc(O)c(F)c3)Nc3ccc(C(C)(C)C)cc3C2O1. The molecule has 6 heteroatoms. The number of hydrogen-bond acceptors (Lipinski definition) is 5. The fourth-order valence-electron chi connectivity index (χ4n) is 5.21. The number of anilines is 1. The zero-order chi connectivity index (χ0) is 23.8. The van der Waals surface area contributed by atoms with Crippen LogP contribution in [0.5, 0.6) is 5.75 Å². The molecule has 4 atom stereocenters. The molecule has 2 heterocycles. The number of hydrogen-bond donors (Lipinski definition) is 3. The van der Waals surface area contributed by atoms with Crippen LogP contribution in [0.15, 0.2) is 36.4 Å². The number of aliphatic hydroxyl groups excluding tert-OH is 1. The van der Waals surface area contributed by atoms with E-state index in [4.69, 9.17) is 4.74 Å². The Labute approximate surface area is 196 Å². The van der Waals surface area contributed by atoms with E-state index in [1.807, 2.05) is 0 Å². The summed E-state index contributed by atoms with van der Waals surface area (Å²) in [5.74, 6) is -0.775. The number of halogens is 1. The Bertz CT molecular complexity index is 974. The third-order valence-electron chi connectivity index (χ3n) is 7.17. The van der Waals surface area contributed by atoms with Gasteiger partial charge in [0.2, 0.25) is 0 Å². The van der Waals surface area contributed by atoms with E-state index < -0.39 is 5.82 Å². The van der Waals surface area contributed by atoms with Crippen LogP contribution in [-0.2, 0) is 10.2 Å². The first-order valence-corrected chi connectivity index (χ1v) is 12.1. The summed E-state index contributed by atoms with van der Waals surface area (Å²) in [4.78, 5) is 2.23. The second kappa shape index (κ2) is 9.61. The fraction of sp³-hybridized carbons (Fsp3) is 0.556. The van der Waals surface area contributed by atoms with Crippen LogP contribution in [0.1, 0.15) is 69.4 Å². The third-order valence-corrected chi connectivity index (χ3v) is 7.17. The minimum Gasteiger partial charge on any atom is -0.505 e. The number of likely N-dealkylation sites (N-methyl/N-ethyl adjacent to an activating group) is 1. The smallest absolute Gasteiger partial charge is 0.165 e. The molecule has 2 aromatic rings. The van der Waals surface area contributed by atoms with Gasteiger partial charge >= 0.3 is 0 Å². The van der Waals surface area contributed by atoms with Gasteiger partial charge in [0.15, 0.2) is 11.6 Å². The number of ether oxygens (including phenoxy) is 1. The van der Waals surface area contributed by atoms with Gasteiger partial charge in [-0.15, -0.1) is 0 Å². The Kier molecular flexibility index (Phi) is 6.99. The molecule has 2 aromatic carbocycles. The van der Waals surface area contributed by atoms with E-state index in [1.165, 1.54) is 17.7 Å². The van der Waals surface area contributed by atoms with Crippen molar-refractivity contribution in [1.82, 2.24) is 4.90 Å². The van der Waals surface area contributed by atoms with E-state index in [9.17, 15) is 14.6 Å². The number of nitrogens with one attached hydrogen (secondary N) is 1. The highest BCUT2D eigenvalue weighted by Gasteiger charge is 2.43. The molecule has 33 heavy (non-hydrogen) atoms. The maximum absolute atomic E-state index is 14.2. The molecule has 0 saturated carbocycles. The molecule has 3 N–H and O–H groups in total. The Morgan fingerprint density at radius 1 is 1.15 bits per heavy atom. The summed E-state index contributed by atoms with van der Waals surface area (Å²) in [6.45, 7) is 11.2. The van der Waals surface area contributed by atoms with E-state index in [0.29, 0.717) is 6.54 Å². The van der Waals surface area contributed by atoms with Crippen molar-refractivity contribution in [2.24, 2.45) is 5.92 Å². The number of benzene rings is 2. The molecule has 2 aliphatic rings. The van der Waals surface area contributed by atoms with Crippen LogP contribution in [0.25, 0.3) is 0 Å². The molecule has 4 rings (SSSR count). The first-order valence-electron chi connectivity index (χ1n) is 12.1. The average Bonchev–Trinajstić information content (AvgIpc) is 2.79. The normalized spacial score (nSPS) is 24.8. The number of phenolic OH excluding ortho intramolecular Hbond substituents is 1. The second-order valence-corrected chi connectivity index (χ2v) is 10.4. The van der Waals surface area contributed by atoms with Crippen molar-refractivity contribution in [2.75, 3.05) is 31.6 Å². The number of nitrogens with zero attached hydrogens (tertiary/aromatic N) is 1. The first kappa shape index (κ1) is 24.0. The summed E-state index contributed by atoms with van der Waals surface area (Å²) in [5.41, 5.74) is 4.29. The number of fused-ring (bicyclic) bond motifs is 3. The van der Waals surface area contributed by atoms with E-state index >= 15 is 0 Å². The van der Waals surface area contributed by atoms with Gasteiger partial charge in [-0.3, -0.25) is 4.90 Å². The van der Waals surface area contributed by atoms with Gasteiger partial charge in [0.05, 0.1) is 24.9 Å². The van der Waals surface area contributed by atoms with E-state index in [-0.39, 0.29) is 41.9 Å². The topological polar surface area (TPSA) is 65.0 Å². The summed E-state index contributed by atoms with van der Waals surface area (Å²) >= 11 is 0. The minimum atomic E-state index is -0.600. The highest BCUT2D eigenvalue weighted by Crippen LogP contribution is 2.51. The maximum atomic E-state index is 14.2.